The smallest absolute Gasteiger partial charge is 0.338 e. The van der Waals surface area contributed by atoms with Gasteiger partial charge in [-0.05, 0) is 24.3 Å². The number of anilines is 1. The van der Waals surface area contributed by atoms with Crippen LogP contribution in [-0.4, -0.2) is 28.3 Å². The summed E-state index contributed by atoms with van der Waals surface area (Å²) in [6.07, 6.45) is 0. The number of carbonyl (C=O) groups is 2. The molecule has 0 aliphatic rings. The summed E-state index contributed by atoms with van der Waals surface area (Å²) < 4.78 is 17.9. The Hall–Kier alpha value is -3.89. The van der Waals surface area contributed by atoms with E-state index in [0.29, 0.717) is 0 Å². The average molecular weight is 363 g/mol. The van der Waals surface area contributed by atoms with Crippen LogP contribution in [0.25, 0.3) is 0 Å². The number of rotatable bonds is 6. The zero-order chi connectivity index (χ0) is 19.3. The van der Waals surface area contributed by atoms with Gasteiger partial charge >= 0.3 is 11.7 Å². The second-order valence-corrected chi connectivity index (χ2v) is 4.85. The lowest BCUT2D eigenvalue weighted by molar-refractivity contribution is -0.387. The molecule has 0 bridgehead atoms. The van der Waals surface area contributed by atoms with Crippen molar-refractivity contribution in [2.75, 3.05) is 11.9 Å². The lowest BCUT2D eigenvalue weighted by atomic mass is 10.2. The molecule has 1 N–H and O–H groups in total. The number of esters is 1. The van der Waals surface area contributed by atoms with Crippen molar-refractivity contribution >= 4 is 28.9 Å². The molecule has 0 aliphatic heterocycles. The number of benzene rings is 2. The van der Waals surface area contributed by atoms with Gasteiger partial charge in [0.2, 0.25) is 5.82 Å². The van der Waals surface area contributed by atoms with Gasteiger partial charge in [-0.3, -0.25) is 25.0 Å². The molecular weight excluding hydrogens is 353 g/mol. The quantitative estimate of drug-likeness (QED) is 0.472. The molecule has 0 aromatic heterocycles. The van der Waals surface area contributed by atoms with Crippen molar-refractivity contribution < 1.29 is 28.6 Å². The van der Waals surface area contributed by atoms with E-state index in [1.807, 2.05) is 0 Å². The largest absolute Gasteiger partial charge is 0.452 e. The van der Waals surface area contributed by atoms with Crippen molar-refractivity contribution in [1.82, 2.24) is 0 Å². The molecule has 0 radical (unpaired) electrons. The number of ether oxygens (including phenoxy) is 1. The van der Waals surface area contributed by atoms with Gasteiger partial charge < -0.3 is 10.1 Å². The minimum absolute atomic E-state index is 0.000759. The van der Waals surface area contributed by atoms with Gasteiger partial charge in [0.05, 0.1) is 15.4 Å². The lowest BCUT2D eigenvalue weighted by Crippen LogP contribution is -2.21. The van der Waals surface area contributed by atoms with Crippen molar-refractivity contribution in [2.24, 2.45) is 0 Å². The maximum absolute atomic E-state index is 13.2. The second-order valence-electron chi connectivity index (χ2n) is 4.85. The lowest BCUT2D eigenvalue weighted by Gasteiger charge is -2.07. The van der Waals surface area contributed by atoms with Gasteiger partial charge in [0.15, 0.2) is 6.61 Å². The van der Waals surface area contributed by atoms with E-state index in [2.05, 4.69) is 5.32 Å². The minimum Gasteiger partial charge on any atom is -0.452 e. The van der Waals surface area contributed by atoms with E-state index in [0.717, 1.165) is 30.3 Å². The Bertz CT molecular complexity index is 883. The van der Waals surface area contributed by atoms with E-state index in [4.69, 9.17) is 4.74 Å². The monoisotopic (exact) mass is 363 g/mol. The van der Waals surface area contributed by atoms with Crippen LogP contribution < -0.4 is 5.32 Å². The van der Waals surface area contributed by atoms with Crippen molar-refractivity contribution in [2.45, 2.75) is 0 Å². The van der Waals surface area contributed by atoms with E-state index in [1.165, 1.54) is 12.1 Å². The highest BCUT2D eigenvalue weighted by Gasteiger charge is 2.16. The summed E-state index contributed by atoms with van der Waals surface area (Å²) in [5.74, 6) is -2.75. The first-order chi connectivity index (χ1) is 12.3. The van der Waals surface area contributed by atoms with Crippen molar-refractivity contribution in [3.05, 3.63) is 74.1 Å². The number of halogens is 1. The Morgan fingerprint density at radius 2 is 1.69 bits per heavy atom. The molecule has 0 saturated heterocycles. The summed E-state index contributed by atoms with van der Waals surface area (Å²) in [5, 5.41) is 23.4. The molecule has 26 heavy (non-hydrogen) atoms. The molecule has 134 valence electrons. The van der Waals surface area contributed by atoms with Crippen molar-refractivity contribution in [1.29, 1.82) is 0 Å². The fourth-order valence-electron chi connectivity index (χ4n) is 1.86. The van der Waals surface area contributed by atoms with Gasteiger partial charge in [0, 0.05) is 23.9 Å². The summed E-state index contributed by atoms with van der Waals surface area (Å²) in [5.41, 5.74) is -1.07. The maximum Gasteiger partial charge on any atom is 0.338 e. The molecule has 10 nitrogen and oxygen atoms in total. The van der Waals surface area contributed by atoms with E-state index in [1.54, 1.807) is 0 Å². The third kappa shape index (κ3) is 4.56. The summed E-state index contributed by atoms with van der Waals surface area (Å²) in [7, 11) is 0. The predicted molar refractivity (Wildman–Crippen MR) is 85.1 cm³/mol. The predicted octanol–water partition coefficient (Wildman–Crippen LogP) is 2.44. The van der Waals surface area contributed by atoms with Crippen LogP contribution in [0.3, 0.4) is 0 Å². The summed E-state index contributed by atoms with van der Waals surface area (Å²) in [4.78, 5) is 43.1. The number of amides is 1. The minimum atomic E-state index is -1.06. The molecule has 2 aromatic carbocycles. The number of nitro benzene ring substituents is 2. The number of hydrogen-bond donors (Lipinski definition) is 1. The SMILES string of the molecule is O=C(COC(=O)c1ccc([N+](=O)[O-])cc1)Nc1ccc(F)c([N+](=O)[O-])c1. The molecule has 1 amide bonds. The van der Waals surface area contributed by atoms with E-state index in [9.17, 15) is 34.2 Å². The van der Waals surface area contributed by atoms with Crippen molar-refractivity contribution in [3.63, 3.8) is 0 Å². The molecule has 0 fully saturated rings. The summed E-state index contributed by atoms with van der Waals surface area (Å²) >= 11 is 0. The number of nitrogens with one attached hydrogen (secondary N) is 1. The zero-order valence-electron chi connectivity index (χ0n) is 12.9. The van der Waals surface area contributed by atoms with E-state index < -0.39 is 39.8 Å². The molecule has 0 aliphatic carbocycles. The Kier molecular flexibility index (Phi) is 5.53. The fourth-order valence-corrected chi connectivity index (χ4v) is 1.86. The van der Waals surface area contributed by atoms with Crippen LogP contribution in [0.5, 0.6) is 0 Å². The van der Waals surface area contributed by atoms with Crippen LogP contribution in [-0.2, 0) is 9.53 Å². The third-order valence-corrected chi connectivity index (χ3v) is 3.07. The third-order valence-electron chi connectivity index (χ3n) is 3.07. The molecule has 11 heteroatoms. The second kappa shape index (κ2) is 7.79. The van der Waals surface area contributed by atoms with Crippen LogP contribution in [0, 0.1) is 26.0 Å². The molecule has 2 aromatic rings. The highest BCUT2D eigenvalue weighted by molar-refractivity contribution is 5.95. The number of hydrogen-bond acceptors (Lipinski definition) is 7. The number of nitro groups is 2. The first-order valence-electron chi connectivity index (χ1n) is 6.93. The number of non-ortho nitro benzene ring substituents is 1. The van der Waals surface area contributed by atoms with Gasteiger partial charge in [-0.15, -0.1) is 0 Å². The highest BCUT2D eigenvalue weighted by Crippen LogP contribution is 2.21. The highest BCUT2D eigenvalue weighted by atomic mass is 19.1. The maximum atomic E-state index is 13.2. The zero-order valence-corrected chi connectivity index (χ0v) is 12.9. The van der Waals surface area contributed by atoms with Crippen LogP contribution in [0.15, 0.2) is 42.5 Å². The number of carbonyl (C=O) groups excluding carboxylic acids is 2. The molecule has 0 atom stereocenters. The molecular formula is C15H10FN3O7. The van der Waals surface area contributed by atoms with Crippen LogP contribution in [0.4, 0.5) is 21.5 Å². The first kappa shape index (κ1) is 18.4. The average Bonchev–Trinajstić information content (AvgIpc) is 2.61. The normalized spacial score (nSPS) is 10.0. The standard InChI is InChI=1S/C15H10FN3O7/c16-12-6-3-10(7-13(12)19(24)25)17-14(20)8-26-15(21)9-1-4-11(5-2-9)18(22)23/h1-7H,8H2,(H,17,20). The fraction of sp³-hybridized carbons (Fsp3) is 0.0667. The molecule has 0 unspecified atom stereocenters. The Balaban J connectivity index is 1.94. The number of nitrogens with zero attached hydrogens (tertiary/aromatic N) is 2. The van der Waals surface area contributed by atoms with Gasteiger partial charge in [-0.2, -0.15) is 4.39 Å². The van der Waals surface area contributed by atoms with Crippen LogP contribution in [0.2, 0.25) is 0 Å². The summed E-state index contributed by atoms with van der Waals surface area (Å²) in [6.45, 7) is -0.707. The molecule has 0 heterocycles. The molecule has 0 spiro atoms. The van der Waals surface area contributed by atoms with Crippen LogP contribution >= 0.6 is 0 Å². The van der Waals surface area contributed by atoms with E-state index >= 15 is 0 Å². The Morgan fingerprint density at radius 3 is 2.27 bits per heavy atom. The van der Waals surface area contributed by atoms with Crippen LogP contribution in [0.1, 0.15) is 10.4 Å². The molecule has 0 saturated carbocycles. The summed E-state index contributed by atoms with van der Waals surface area (Å²) in [6, 6.07) is 7.30. The van der Waals surface area contributed by atoms with Gasteiger partial charge in [0.25, 0.3) is 11.6 Å². The van der Waals surface area contributed by atoms with E-state index in [-0.39, 0.29) is 16.9 Å². The first-order valence-corrected chi connectivity index (χ1v) is 6.93. The topological polar surface area (TPSA) is 142 Å². The Labute approximate surface area is 144 Å². The van der Waals surface area contributed by atoms with Crippen molar-refractivity contribution in [3.8, 4) is 0 Å². The molecule has 2 rings (SSSR count). The Morgan fingerprint density at radius 1 is 1.04 bits per heavy atom. The van der Waals surface area contributed by atoms with Gasteiger partial charge in [0.1, 0.15) is 0 Å². The van der Waals surface area contributed by atoms with Gasteiger partial charge in [-0.1, -0.05) is 0 Å². The van der Waals surface area contributed by atoms with Gasteiger partial charge in [-0.25, -0.2) is 4.79 Å².